The van der Waals surface area contributed by atoms with Crippen LogP contribution < -0.4 is 0 Å². The van der Waals surface area contributed by atoms with Gasteiger partial charge in [-0.25, -0.2) is 0 Å². The van der Waals surface area contributed by atoms with Gasteiger partial charge in [-0.3, -0.25) is 9.69 Å². The average molecular weight is 197 g/mol. The maximum Gasteiger partial charge on any atom is 0.304 e. The molecule has 0 aromatic carbocycles. The average Bonchev–Trinajstić information content (AvgIpc) is 2.16. The molecule has 1 aliphatic heterocycles. The zero-order valence-electron chi connectivity index (χ0n) is 8.78. The van der Waals surface area contributed by atoms with E-state index in [2.05, 4.69) is 18.4 Å². The van der Waals surface area contributed by atoms with Gasteiger partial charge in [0.1, 0.15) is 0 Å². The van der Waals surface area contributed by atoms with Crippen molar-refractivity contribution in [3.05, 3.63) is 12.7 Å². The number of piperidine rings is 1. The molecule has 0 amide bonds. The van der Waals surface area contributed by atoms with Crippen LogP contribution in [0.2, 0.25) is 0 Å². The molecular formula is C11H19NO2. The van der Waals surface area contributed by atoms with Gasteiger partial charge in [-0.15, -0.1) is 6.58 Å². The minimum absolute atomic E-state index is 0.203. The fraction of sp³-hybridized carbons (Fsp3) is 0.727. The second kappa shape index (κ2) is 5.15. The minimum atomic E-state index is -0.696. The third-order valence-electron chi connectivity index (χ3n) is 2.95. The van der Waals surface area contributed by atoms with Crippen LogP contribution in [0.1, 0.15) is 32.6 Å². The van der Waals surface area contributed by atoms with Crippen LogP contribution in [-0.4, -0.2) is 34.6 Å². The van der Waals surface area contributed by atoms with Crippen molar-refractivity contribution in [2.75, 3.05) is 6.54 Å². The van der Waals surface area contributed by atoms with Gasteiger partial charge >= 0.3 is 5.97 Å². The van der Waals surface area contributed by atoms with Crippen molar-refractivity contribution in [2.24, 2.45) is 0 Å². The number of aliphatic carboxylic acids is 1. The van der Waals surface area contributed by atoms with Crippen LogP contribution in [0.4, 0.5) is 0 Å². The van der Waals surface area contributed by atoms with E-state index >= 15 is 0 Å². The lowest BCUT2D eigenvalue weighted by molar-refractivity contribution is -0.138. The molecule has 1 N–H and O–H groups in total. The molecule has 80 valence electrons. The van der Waals surface area contributed by atoms with Crippen LogP contribution in [0, 0.1) is 0 Å². The Balaban J connectivity index is 2.58. The van der Waals surface area contributed by atoms with Crippen LogP contribution in [0.15, 0.2) is 12.7 Å². The van der Waals surface area contributed by atoms with Crippen LogP contribution in [0.3, 0.4) is 0 Å². The van der Waals surface area contributed by atoms with Crippen molar-refractivity contribution >= 4 is 5.97 Å². The maximum absolute atomic E-state index is 10.7. The predicted molar refractivity (Wildman–Crippen MR) is 56.3 cm³/mol. The van der Waals surface area contributed by atoms with E-state index < -0.39 is 5.97 Å². The van der Waals surface area contributed by atoms with Crippen LogP contribution >= 0.6 is 0 Å². The van der Waals surface area contributed by atoms with Gasteiger partial charge in [0.25, 0.3) is 0 Å². The highest BCUT2D eigenvalue weighted by Crippen LogP contribution is 2.22. The number of hydrogen-bond acceptors (Lipinski definition) is 2. The molecular weight excluding hydrogens is 178 g/mol. The molecule has 1 fully saturated rings. The standard InChI is InChI=1S/C11H19NO2/c1-3-9(2)12-7-5-4-6-10(12)8-11(13)14/h3,9-10H,1,4-8H2,2H3,(H,13,14). The summed E-state index contributed by atoms with van der Waals surface area (Å²) < 4.78 is 0. The van der Waals surface area contributed by atoms with Crippen molar-refractivity contribution in [2.45, 2.75) is 44.7 Å². The molecule has 1 heterocycles. The number of hydrogen-bond donors (Lipinski definition) is 1. The summed E-state index contributed by atoms with van der Waals surface area (Å²) in [5, 5.41) is 8.79. The third kappa shape index (κ3) is 2.84. The van der Waals surface area contributed by atoms with E-state index in [-0.39, 0.29) is 12.5 Å². The van der Waals surface area contributed by atoms with Gasteiger partial charge in [0.15, 0.2) is 0 Å². The molecule has 0 spiro atoms. The molecule has 0 radical (unpaired) electrons. The Morgan fingerprint density at radius 3 is 3.00 bits per heavy atom. The Hall–Kier alpha value is -0.830. The van der Waals surface area contributed by atoms with Gasteiger partial charge in [0.2, 0.25) is 0 Å². The molecule has 2 unspecified atom stereocenters. The quantitative estimate of drug-likeness (QED) is 0.700. The Morgan fingerprint density at radius 1 is 1.71 bits per heavy atom. The first-order valence-electron chi connectivity index (χ1n) is 5.25. The summed E-state index contributed by atoms with van der Waals surface area (Å²) in [6, 6.07) is 0.494. The number of carbonyl (C=O) groups is 1. The topological polar surface area (TPSA) is 40.5 Å². The lowest BCUT2D eigenvalue weighted by Crippen LogP contribution is -2.45. The van der Waals surface area contributed by atoms with Gasteiger partial charge in [-0.1, -0.05) is 12.5 Å². The van der Waals surface area contributed by atoms with E-state index in [0.29, 0.717) is 6.04 Å². The molecule has 0 bridgehead atoms. The number of rotatable bonds is 4. The second-order valence-electron chi connectivity index (χ2n) is 3.96. The van der Waals surface area contributed by atoms with Gasteiger partial charge < -0.3 is 5.11 Å². The van der Waals surface area contributed by atoms with E-state index in [1.54, 1.807) is 0 Å². The summed E-state index contributed by atoms with van der Waals surface area (Å²) in [5.41, 5.74) is 0. The summed E-state index contributed by atoms with van der Waals surface area (Å²) in [5.74, 6) is -0.696. The Morgan fingerprint density at radius 2 is 2.43 bits per heavy atom. The Labute approximate surface area is 85.4 Å². The SMILES string of the molecule is C=CC(C)N1CCCCC1CC(=O)O. The molecule has 1 saturated heterocycles. The monoisotopic (exact) mass is 197 g/mol. The fourth-order valence-electron chi connectivity index (χ4n) is 2.12. The second-order valence-corrected chi connectivity index (χ2v) is 3.96. The molecule has 0 saturated carbocycles. The molecule has 0 aliphatic carbocycles. The van der Waals surface area contributed by atoms with Crippen molar-refractivity contribution in [3.63, 3.8) is 0 Å². The van der Waals surface area contributed by atoms with E-state index in [9.17, 15) is 4.79 Å². The van der Waals surface area contributed by atoms with E-state index in [1.807, 2.05) is 6.08 Å². The van der Waals surface area contributed by atoms with Crippen LogP contribution in [0.5, 0.6) is 0 Å². The van der Waals surface area contributed by atoms with E-state index in [1.165, 1.54) is 6.42 Å². The van der Waals surface area contributed by atoms with Gasteiger partial charge in [-0.05, 0) is 26.3 Å². The highest BCUT2D eigenvalue weighted by Gasteiger charge is 2.26. The molecule has 1 rings (SSSR count). The van der Waals surface area contributed by atoms with Crippen molar-refractivity contribution in [1.29, 1.82) is 0 Å². The lowest BCUT2D eigenvalue weighted by Gasteiger charge is -2.38. The number of likely N-dealkylation sites (tertiary alicyclic amines) is 1. The van der Waals surface area contributed by atoms with Crippen LogP contribution in [0.25, 0.3) is 0 Å². The maximum atomic E-state index is 10.7. The predicted octanol–water partition coefficient (Wildman–Crippen LogP) is 1.89. The third-order valence-corrected chi connectivity index (χ3v) is 2.95. The zero-order chi connectivity index (χ0) is 10.6. The van der Waals surface area contributed by atoms with Crippen molar-refractivity contribution in [3.8, 4) is 0 Å². The normalized spacial score (nSPS) is 25.6. The summed E-state index contributed by atoms with van der Waals surface area (Å²) in [6.07, 6.45) is 5.48. The summed E-state index contributed by atoms with van der Waals surface area (Å²) >= 11 is 0. The first-order valence-corrected chi connectivity index (χ1v) is 5.25. The van der Waals surface area contributed by atoms with Gasteiger partial charge in [-0.2, -0.15) is 0 Å². The molecule has 2 atom stereocenters. The first-order chi connectivity index (χ1) is 6.65. The zero-order valence-corrected chi connectivity index (χ0v) is 8.78. The van der Waals surface area contributed by atoms with E-state index in [0.717, 1.165) is 19.4 Å². The van der Waals surface area contributed by atoms with Crippen molar-refractivity contribution in [1.82, 2.24) is 4.90 Å². The Bertz CT molecular complexity index is 215. The van der Waals surface area contributed by atoms with Gasteiger partial charge in [0.05, 0.1) is 6.42 Å². The highest BCUT2D eigenvalue weighted by molar-refractivity contribution is 5.67. The fourth-order valence-corrected chi connectivity index (χ4v) is 2.12. The Kier molecular flexibility index (Phi) is 4.14. The van der Waals surface area contributed by atoms with E-state index in [4.69, 9.17) is 5.11 Å². The molecule has 3 heteroatoms. The van der Waals surface area contributed by atoms with Crippen LogP contribution in [-0.2, 0) is 4.79 Å². The minimum Gasteiger partial charge on any atom is -0.481 e. The lowest BCUT2D eigenvalue weighted by atomic mass is 9.97. The van der Waals surface area contributed by atoms with Gasteiger partial charge in [0, 0.05) is 12.1 Å². The highest BCUT2D eigenvalue weighted by atomic mass is 16.4. The number of carboxylic acid groups (broad SMARTS) is 1. The molecule has 0 aromatic heterocycles. The summed E-state index contributed by atoms with van der Waals surface area (Å²) in [4.78, 5) is 12.9. The number of carboxylic acids is 1. The molecule has 3 nitrogen and oxygen atoms in total. The largest absolute Gasteiger partial charge is 0.481 e. The first kappa shape index (κ1) is 11.2. The molecule has 14 heavy (non-hydrogen) atoms. The molecule has 1 aliphatic rings. The number of nitrogens with zero attached hydrogens (tertiary/aromatic N) is 1. The molecule has 0 aromatic rings. The summed E-state index contributed by atoms with van der Waals surface area (Å²) in [6.45, 7) is 6.84. The summed E-state index contributed by atoms with van der Waals surface area (Å²) in [7, 11) is 0. The van der Waals surface area contributed by atoms with Crippen molar-refractivity contribution < 1.29 is 9.90 Å². The smallest absolute Gasteiger partial charge is 0.304 e.